The molecular weight excluding hydrogens is 289 g/mol. The number of aliphatic carboxylic acids is 1. The minimum Gasteiger partial charge on any atom is -0.481 e. The van der Waals surface area contributed by atoms with Crippen LogP contribution in [-0.2, 0) is 16.7 Å². The van der Waals surface area contributed by atoms with Crippen molar-refractivity contribution in [1.82, 2.24) is 0 Å². The van der Waals surface area contributed by atoms with Gasteiger partial charge in [-0.25, -0.2) is 0 Å². The first kappa shape index (κ1) is 15.2. The van der Waals surface area contributed by atoms with Crippen LogP contribution in [0.3, 0.4) is 0 Å². The van der Waals surface area contributed by atoms with Gasteiger partial charge in [-0.05, 0) is 35.6 Å². The van der Waals surface area contributed by atoms with Crippen LogP contribution in [0.25, 0.3) is 0 Å². The molecule has 1 aromatic carbocycles. The van der Waals surface area contributed by atoms with E-state index in [0.29, 0.717) is 17.1 Å². The van der Waals surface area contributed by atoms with E-state index in [1.54, 1.807) is 6.07 Å². The van der Waals surface area contributed by atoms with E-state index >= 15 is 0 Å². The largest absolute Gasteiger partial charge is 0.481 e. The van der Waals surface area contributed by atoms with E-state index in [2.05, 4.69) is 0 Å². The molecule has 110 valence electrons. The summed E-state index contributed by atoms with van der Waals surface area (Å²) >= 11 is 1.51. The monoisotopic (exact) mass is 304 g/mol. The number of hydrogen-bond donors (Lipinski definition) is 1. The molecular formula is C14H15F3O2S. The maximum atomic E-state index is 12.6. The van der Waals surface area contributed by atoms with E-state index in [-0.39, 0.29) is 11.8 Å². The molecule has 1 N–H and O–H groups in total. The molecule has 1 aromatic rings. The fourth-order valence-electron chi connectivity index (χ4n) is 2.09. The molecule has 2 rings (SSSR count). The fraction of sp³-hybridized carbons (Fsp3) is 0.500. The molecule has 1 aliphatic rings. The van der Waals surface area contributed by atoms with Gasteiger partial charge in [0.05, 0.1) is 12.0 Å². The summed E-state index contributed by atoms with van der Waals surface area (Å²) < 4.78 is 37.7. The highest BCUT2D eigenvalue weighted by molar-refractivity contribution is 7.98. The van der Waals surface area contributed by atoms with E-state index in [9.17, 15) is 18.0 Å². The molecule has 0 atom stereocenters. The van der Waals surface area contributed by atoms with Crippen LogP contribution in [0, 0.1) is 5.41 Å². The Morgan fingerprint density at radius 1 is 1.35 bits per heavy atom. The van der Waals surface area contributed by atoms with E-state index in [1.807, 2.05) is 0 Å². The maximum Gasteiger partial charge on any atom is 0.416 e. The van der Waals surface area contributed by atoms with Gasteiger partial charge < -0.3 is 5.11 Å². The molecule has 0 aromatic heterocycles. The number of carbonyl (C=O) groups is 1. The molecule has 0 amide bonds. The van der Waals surface area contributed by atoms with E-state index in [1.165, 1.54) is 17.8 Å². The van der Waals surface area contributed by atoms with Crippen LogP contribution >= 0.6 is 11.8 Å². The topological polar surface area (TPSA) is 37.3 Å². The van der Waals surface area contributed by atoms with Crippen molar-refractivity contribution < 1.29 is 23.1 Å². The van der Waals surface area contributed by atoms with Crippen molar-refractivity contribution in [3.8, 4) is 0 Å². The highest BCUT2D eigenvalue weighted by Crippen LogP contribution is 2.51. The van der Waals surface area contributed by atoms with Gasteiger partial charge in [-0.1, -0.05) is 18.2 Å². The molecule has 20 heavy (non-hydrogen) atoms. The third-order valence-electron chi connectivity index (χ3n) is 3.41. The summed E-state index contributed by atoms with van der Waals surface area (Å²) in [5, 5.41) is 8.80. The van der Waals surface area contributed by atoms with Gasteiger partial charge in [0, 0.05) is 5.75 Å². The van der Waals surface area contributed by atoms with Crippen LogP contribution in [-0.4, -0.2) is 16.8 Å². The highest BCUT2D eigenvalue weighted by atomic mass is 32.2. The number of hydrogen-bond acceptors (Lipinski definition) is 2. The number of carboxylic acid groups (broad SMARTS) is 1. The van der Waals surface area contributed by atoms with Crippen LogP contribution in [0.2, 0.25) is 0 Å². The Morgan fingerprint density at radius 3 is 2.60 bits per heavy atom. The third kappa shape index (κ3) is 4.16. The standard InChI is InChI=1S/C14H15F3O2S/c15-14(16,17)11-3-1-2-10(6-11)8-20-9-13(4-5-13)7-12(18)19/h1-3,6H,4-5,7-9H2,(H,18,19). The maximum absolute atomic E-state index is 12.6. The summed E-state index contributed by atoms with van der Waals surface area (Å²) in [6.45, 7) is 0. The third-order valence-corrected chi connectivity index (χ3v) is 4.77. The number of rotatable bonds is 6. The van der Waals surface area contributed by atoms with Gasteiger partial charge in [0.2, 0.25) is 0 Å². The van der Waals surface area contributed by atoms with Crippen LogP contribution < -0.4 is 0 Å². The summed E-state index contributed by atoms with van der Waals surface area (Å²) in [6, 6.07) is 5.28. The Kier molecular flexibility index (Phi) is 4.32. The number of benzene rings is 1. The van der Waals surface area contributed by atoms with Crippen molar-refractivity contribution >= 4 is 17.7 Å². The van der Waals surface area contributed by atoms with Crippen molar-refractivity contribution in [2.24, 2.45) is 5.41 Å². The van der Waals surface area contributed by atoms with Crippen molar-refractivity contribution in [1.29, 1.82) is 0 Å². The SMILES string of the molecule is O=C(O)CC1(CSCc2cccc(C(F)(F)F)c2)CC1. The Bertz CT molecular complexity index is 495. The normalized spacial score (nSPS) is 16.9. The first-order valence-corrected chi connectivity index (χ1v) is 7.42. The van der Waals surface area contributed by atoms with Crippen LogP contribution in [0.4, 0.5) is 13.2 Å². The first-order valence-electron chi connectivity index (χ1n) is 6.26. The van der Waals surface area contributed by atoms with Gasteiger partial charge in [0.25, 0.3) is 0 Å². The van der Waals surface area contributed by atoms with E-state index in [0.717, 1.165) is 25.0 Å². The van der Waals surface area contributed by atoms with Crippen molar-refractivity contribution in [3.05, 3.63) is 35.4 Å². The quantitative estimate of drug-likeness (QED) is 0.856. The van der Waals surface area contributed by atoms with Gasteiger partial charge >= 0.3 is 12.1 Å². The lowest BCUT2D eigenvalue weighted by Crippen LogP contribution is -2.11. The summed E-state index contributed by atoms with van der Waals surface area (Å²) in [4.78, 5) is 10.7. The molecule has 0 heterocycles. The molecule has 1 aliphatic carbocycles. The van der Waals surface area contributed by atoms with Crippen LogP contribution in [0.5, 0.6) is 0 Å². The minimum atomic E-state index is -4.32. The lowest BCUT2D eigenvalue weighted by Gasteiger charge is -2.12. The fourth-order valence-corrected chi connectivity index (χ4v) is 3.43. The number of thioether (sulfide) groups is 1. The van der Waals surface area contributed by atoms with Gasteiger partial charge in [-0.3, -0.25) is 4.79 Å². The van der Waals surface area contributed by atoms with Gasteiger partial charge in [0.1, 0.15) is 0 Å². The second-order valence-corrected chi connectivity index (χ2v) is 6.25. The molecule has 1 fully saturated rings. The summed E-state index contributed by atoms with van der Waals surface area (Å²) in [5.74, 6) is 0.364. The van der Waals surface area contributed by atoms with E-state index in [4.69, 9.17) is 5.11 Å². The molecule has 0 radical (unpaired) electrons. The van der Waals surface area contributed by atoms with Crippen LogP contribution in [0.15, 0.2) is 24.3 Å². The Labute approximate surface area is 119 Å². The molecule has 0 saturated heterocycles. The number of halogens is 3. The first-order chi connectivity index (χ1) is 9.31. The molecule has 1 saturated carbocycles. The molecule has 0 spiro atoms. The summed E-state index contributed by atoms with van der Waals surface area (Å²) in [5.41, 5.74) is -0.142. The molecule has 2 nitrogen and oxygen atoms in total. The smallest absolute Gasteiger partial charge is 0.416 e. The van der Waals surface area contributed by atoms with Gasteiger partial charge in [0.15, 0.2) is 0 Å². The predicted octanol–water partition coefficient (Wildman–Crippen LogP) is 4.19. The second kappa shape index (κ2) is 5.68. The van der Waals surface area contributed by atoms with Gasteiger partial charge in [-0.2, -0.15) is 24.9 Å². The average Bonchev–Trinajstić information content (AvgIpc) is 3.07. The average molecular weight is 304 g/mol. The predicted molar refractivity (Wildman–Crippen MR) is 71.5 cm³/mol. The Balaban J connectivity index is 1.87. The second-order valence-electron chi connectivity index (χ2n) is 5.26. The number of alkyl halides is 3. The summed E-state index contributed by atoms with van der Waals surface area (Å²) in [7, 11) is 0. The molecule has 6 heteroatoms. The zero-order valence-electron chi connectivity index (χ0n) is 10.7. The zero-order chi connectivity index (χ0) is 14.8. The lowest BCUT2D eigenvalue weighted by molar-refractivity contribution is -0.138. The Hall–Kier alpha value is -1.17. The van der Waals surface area contributed by atoms with Crippen molar-refractivity contribution in [3.63, 3.8) is 0 Å². The highest BCUT2D eigenvalue weighted by Gasteiger charge is 2.44. The van der Waals surface area contributed by atoms with Crippen molar-refractivity contribution in [2.75, 3.05) is 5.75 Å². The Morgan fingerprint density at radius 2 is 2.05 bits per heavy atom. The zero-order valence-corrected chi connectivity index (χ0v) is 11.6. The molecule has 0 aliphatic heterocycles. The number of carboxylic acids is 1. The van der Waals surface area contributed by atoms with Gasteiger partial charge in [-0.15, -0.1) is 0 Å². The van der Waals surface area contributed by atoms with Crippen molar-refractivity contribution in [2.45, 2.75) is 31.2 Å². The molecule has 0 unspecified atom stereocenters. The van der Waals surface area contributed by atoms with E-state index < -0.39 is 17.7 Å². The van der Waals surface area contributed by atoms with Crippen LogP contribution in [0.1, 0.15) is 30.4 Å². The minimum absolute atomic E-state index is 0.127. The lowest BCUT2D eigenvalue weighted by atomic mass is 10.1. The molecule has 0 bridgehead atoms. The summed E-state index contributed by atoms with van der Waals surface area (Å²) in [6.07, 6.45) is -2.37.